The Labute approximate surface area is 174 Å². The summed E-state index contributed by atoms with van der Waals surface area (Å²) in [5.41, 5.74) is -0.0882. The molecule has 4 rings (SSSR count). The minimum absolute atomic E-state index is 0.0537. The Kier molecular flexibility index (Phi) is 5.07. The van der Waals surface area contributed by atoms with Crippen LogP contribution in [0.2, 0.25) is 0 Å². The Morgan fingerprint density at radius 1 is 0.774 bits per heavy atom. The second kappa shape index (κ2) is 7.99. The number of hydrogen-bond donors (Lipinski definition) is 0. The number of nitrogens with zero attached hydrogens (tertiary/aromatic N) is 4. The molecule has 31 heavy (non-hydrogen) atoms. The summed E-state index contributed by atoms with van der Waals surface area (Å²) in [5, 5.41) is 23.1. The molecule has 0 unspecified atom stereocenters. The molecule has 0 N–H and O–H groups in total. The van der Waals surface area contributed by atoms with Gasteiger partial charge in [-0.3, -0.25) is 29.6 Å². The average Bonchev–Trinajstić information content (AvgIpc) is 2.78. The van der Waals surface area contributed by atoms with Crippen LogP contribution in [-0.2, 0) is 0 Å². The maximum atomic E-state index is 13.3. The molecule has 0 bridgehead atoms. The lowest BCUT2D eigenvalue weighted by molar-refractivity contribution is -0.385. The second-order valence-electron chi connectivity index (χ2n) is 6.52. The molecule has 4 aromatic rings. The number of aromatic nitrogens is 2. The van der Waals surface area contributed by atoms with E-state index in [0.29, 0.717) is 16.5 Å². The number of nitro benzene ring substituents is 2. The molecule has 152 valence electrons. The highest BCUT2D eigenvalue weighted by Crippen LogP contribution is 2.25. The summed E-state index contributed by atoms with van der Waals surface area (Å²) < 4.78 is 1.14. The van der Waals surface area contributed by atoms with Crippen molar-refractivity contribution < 1.29 is 9.85 Å². The van der Waals surface area contributed by atoms with Crippen LogP contribution >= 0.6 is 0 Å². The van der Waals surface area contributed by atoms with E-state index in [1.165, 1.54) is 36.4 Å². The van der Waals surface area contributed by atoms with E-state index in [2.05, 4.69) is 4.98 Å². The van der Waals surface area contributed by atoms with Gasteiger partial charge in [0.25, 0.3) is 16.9 Å². The van der Waals surface area contributed by atoms with E-state index in [-0.39, 0.29) is 22.9 Å². The molecule has 0 radical (unpaired) electrons. The predicted octanol–water partition coefficient (Wildman–Crippen LogP) is 4.37. The van der Waals surface area contributed by atoms with Crippen LogP contribution in [-0.4, -0.2) is 19.4 Å². The smallest absolute Gasteiger partial charge is 0.268 e. The molecule has 0 aliphatic rings. The van der Waals surface area contributed by atoms with Crippen LogP contribution in [0, 0.1) is 20.2 Å². The molecule has 0 aliphatic heterocycles. The van der Waals surface area contributed by atoms with Gasteiger partial charge in [0.1, 0.15) is 11.5 Å². The molecule has 0 fully saturated rings. The van der Waals surface area contributed by atoms with Gasteiger partial charge in [0.2, 0.25) is 0 Å². The number of hydrogen-bond acceptors (Lipinski definition) is 6. The molecule has 3 aromatic carbocycles. The van der Waals surface area contributed by atoms with Crippen molar-refractivity contribution in [1.29, 1.82) is 0 Å². The first kappa shape index (κ1) is 19.6. The fraction of sp³-hybridized carbons (Fsp3) is 0. The Bertz CT molecular complexity index is 1430. The summed E-state index contributed by atoms with van der Waals surface area (Å²) in [6.45, 7) is 0. The average molecular weight is 414 g/mol. The van der Waals surface area contributed by atoms with Gasteiger partial charge in [-0.25, -0.2) is 4.98 Å². The Morgan fingerprint density at radius 3 is 2.13 bits per heavy atom. The zero-order valence-electron chi connectivity index (χ0n) is 15.9. The quantitative estimate of drug-likeness (QED) is 0.353. The molecule has 9 nitrogen and oxygen atoms in total. The molecule has 0 aliphatic carbocycles. The Hall–Kier alpha value is -4.66. The summed E-state index contributed by atoms with van der Waals surface area (Å²) in [6, 6.07) is 18.6. The van der Waals surface area contributed by atoms with Crippen molar-refractivity contribution in [2.75, 3.05) is 0 Å². The van der Waals surface area contributed by atoms with E-state index >= 15 is 0 Å². The third kappa shape index (κ3) is 3.67. The normalized spacial score (nSPS) is 11.1. The molecule has 1 aromatic heterocycles. The van der Waals surface area contributed by atoms with Gasteiger partial charge in [0.15, 0.2) is 0 Å². The summed E-state index contributed by atoms with van der Waals surface area (Å²) in [5.74, 6) is 0.108. The van der Waals surface area contributed by atoms with Gasteiger partial charge in [0.05, 0.1) is 26.3 Å². The zero-order valence-corrected chi connectivity index (χ0v) is 15.9. The lowest BCUT2D eigenvalue weighted by Gasteiger charge is -2.11. The van der Waals surface area contributed by atoms with Crippen LogP contribution < -0.4 is 5.56 Å². The Morgan fingerprint density at radius 2 is 1.39 bits per heavy atom. The van der Waals surface area contributed by atoms with E-state index in [4.69, 9.17) is 0 Å². The molecule has 0 amide bonds. The van der Waals surface area contributed by atoms with Gasteiger partial charge >= 0.3 is 0 Å². The van der Waals surface area contributed by atoms with Gasteiger partial charge in [-0.15, -0.1) is 0 Å². The predicted molar refractivity (Wildman–Crippen MR) is 116 cm³/mol. The number of fused-ring (bicyclic) bond motifs is 1. The summed E-state index contributed by atoms with van der Waals surface area (Å²) >= 11 is 0. The topological polar surface area (TPSA) is 121 Å². The lowest BCUT2D eigenvalue weighted by Crippen LogP contribution is -2.23. The highest BCUT2D eigenvalue weighted by atomic mass is 16.6. The molecule has 1 heterocycles. The van der Waals surface area contributed by atoms with Crippen LogP contribution in [0.3, 0.4) is 0 Å². The first-order valence-electron chi connectivity index (χ1n) is 9.14. The molecular formula is C22H14N4O5. The Balaban J connectivity index is 2.00. The van der Waals surface area contributed by atoms with E-state index in [1.807, 2.05) is 0 Å². The van der Waals surface area contributed by atoms with Gasteiger partial charge in [-0.1, -0.05) is 36.4 Å². The van der Waals surface area contributed by atoms with Crippen LogP contribution in [0.4, 0.5) is 11.4 Å². The lowest BCUT2D eigenvalue weighted by atomic mass is 10.1. The van der Waals surface area contributed by atoms with E-state index in [1.54, 1.807) is 48.5 Å². The standard InChI is InChI=1S/C22H14N4O5/c27-22-16-8-2-3-9-17(16)23-21(14-13-15-7-1-4-10-18(15)25(28)29)24(22)19-11-5-6-12-20(19)26(30)31/h1-14H/b14-13+. The highest BCUT2D eigenvalue weighted by Gasteiger charge is 2.20. The molecular weight excluding hydrogens is 400 g/mol. The van der Waals surface area contributed by atoms with Crippen LogP contribution in [0.1, 0.15) is 11.4 Å². The van der Waals surface area contributed by atoms with E-state index in [9.17, 15) is 25.0 Å². The van der Waals surface area contributed by atoms with Crippen LogP contribution in [0.25, 0.3) is 28.7 Å². The molecule has 9 heteroatoms. The molecule has 0 saturated carbocycles. The molecule has 0 saturated heterocycles. The highest BCUT2D eigenvalue weighted by molar-refractivity contribution is 5.81. The zero-order chi connectivity index (χ0) is 22.0. The van der Waals surface area contributed by atoms with Crippen molar-refractivity contribution in [3.63, 3.8) is 0 Å². The number of rotatable bonds is 5. The SMILES string of the molecule is O=c1c2ccccc2nc(/C=C/c2ccccc2[N+](=O)[O-])n1-c1ccccc1[N+](=O)[O-]. The van der Waals surface area contributed by atoms with E-state index in [0.717, 1.165) is 4.57 Å². The third-order valence-electron chi connectivity index (χ3n) is 4.67. The first-order chi connectivity index (χ1) is 15.0. The largest absolute Gasteiger partial charge is 0.293 e. The van der Waals surface area contributed by atoms with E-state index < -0.39 is 15.4 Å². The molecule has 0 atom stereocenters. The van der Waals surface area contributed by atoms with Gasteiger partial charge in [0, 0.05) is 12.1 Å². The number of nitro groups is 2. The van der Waals surface area contributed by atoms with Crippen molar-refractivity contribution in [1.82, 2.24) is 9.55 Å². The van der Waals surface area contributed by atoms with Crippen molar-refractivity contribution in [2.45, 2.75) is 0 Å². The van der Waals surface area contributed by atoms with Crippen LogP contribution in [0.15, 0.2) is 77.6 Å². The van der Waals surface area contributed by atoms with Gasteiger partial charge in [-0.2, -0.15) is 0 Å². The van der Waals surface area contributed by atoms with Crippen molar-refractivity contribution in [2.24, 2.45) is 0 Å². The maximum Gasteiger partial charge on any atom is 0.293 e. The maximum absolute atomic E-state index is 13.3. The van der Waals surface area contributed by atoms with Crippen molar-refractivity contribution >= 4 is 34.4 Å². The second-order valence-corrected chi connectivity index (χ2v) is 6.52. The van der Waals surface area contributed by atoms with Gasteiger partial charge in [-0.05, 0) is 36.4 Å². The summed E-state index contributed by atoms with van der Waals surface area (Å²) in [7, 11) is 0. The number of benzene rings is 3. The fourth-order valence-corrected chi connectivity index (χ4v) is 3.26. The van der Waals surface area contributed by atoms with Crippen molar-refractivity contribution in [3.8, 4) is 5.69 Å². The first-order valence-corrected chi connectivity index (χ1v) is 9.14. The third-order valence-corrected chi connectivity index (χ3v) is 4.67. The van der Waals surface area contributed by atoms with Gasteiger partial charge < -0.3 is 0 Å². The summed E-state index contributed by atoms with van der Waals surface area (Å²) in [4.78, 5) is 39.5. The molecule has 0 spiro atoms. The summed E-state index contributed by atoms with van der Waals surface area (Å²) in [6.07, 6.45) is 2.90. The van der Waals surface area contributed by atoms with Crippen LogP contribution in [0.5, 0.6) is 0 Å². The fourth-order valence-electron chi connectivity index (χ4n) is 3.26. The minimum Gasteiger partial charge on any atom is -0.268 e. The number of para-hydroxylation sites is 4. The monoisotopic (exact) mass is 414 g/mol. The minimum atomic E-state index is -0.577. The van der Waals surface area contributed by atoms with Crippen molar-refractivity contribution in [3.05, 3.63) is 115 Å².